The van der Waals surface area contributed by atoms with Crippen molar-refractivity contribution in [2.45, 2.75) is 51.6 Å². The fourth-order valence-corrected chi connectivity index (χ4v) is 3.89. The number of hydrogen-bond donors (Lipinski definition) is 2. The highest BCUT2D eigenvalue weighted by Gasteiger charge is 2.25. The van der Waals surface area contributed by atoms with Gasteiger partial charge in [0.15, 0.2) is 5.69 Å². The van der Waals surface area contributed by atoms with Gasteiger partial charge in [0.05, 0.1) is 6.54 Å². The minimum atomic E-state index is -0.632. The zero-order valence-electron chi connectivity index (χ0n) is 19.7. The van der Waals surface area contributed by atoms with E-state index < -0.39 is 11.2 Å². The largest absolute Gasteiger partial charge is 0.383 e. The van der Waals surface area contributed by atoms with Crippen molar-refractivity contribution in [3.8, 4) is 0 Å². The summed E-state index contributed by atoms with van der Waals surface area (Å²) in [6.07, 6.45) is 3.60. The molecule has 1 amide bonds. The predicted molar refractivity (Wildman–Crippen MR) is 132 cm³/mol. The number of anilines is 2. The van der Waals surface area contributed by atoms with Gasteiger partial charge in [0.1, 0.15) is 5.82 Å². The first-order chi connectivity index (χ1) is 15.2. The second kappa shape index (κ2) is 11.9. The van der Waals surface area contributed by atoms with Crippen LogP contribution in [-0.4, -0.2) is 46.8 Å². The smallest absolute Gasteiger partial charge is 0.330 e. The van der Waals surface area contributed by atoms with Gasteiger partial charge in [-0.1, -0.05) is 39.3 Å². The van der Waals surface area contributed by atoms with E-state index in [4.69, 9.17) is 5.73 Å². The molecule has 0 radical (unpaired) electrons. The molecule has 32 heavy (non-hydrogen) atoms. The van der Waals surface area contributed by atoms with Crippen molar-refractivity contribution >= 4 is 29.2 Å². The number of thioether (sulfide) groups is 1. The Bertz CT molecular complexity index is 1010. The molecule has 0 aliphatic heterocycles. The van der Waals surface area contributed by atoms with E-state index in [1.165, 1.54) is 14.4 Å². The number of carbonyl (C=O) groups is 1. The number of rotatable bonds is 11. The SMILES string of the molecule is CCCCN(C(=O)CN(C)Cc1ccc(SC)cc1)c1c(N)n(CC(C)C)c(=O)[nH]c1=O. The summed E-state index contributed by atoms with van der Waals surface area (Å²) >= 11 is 1.68. The molecule has 2 aromatic rings. The molecule has 0 bridgehead atoms. The number of nitrogens with zero attached hydrogens (tertiary/aromatic N) is 3. The van der Waals surface area contributed by atoms with Gasteiger partial charge in [0.25, 0.3) is 5.56 Å². The van der Waals surface area contributed by atoms with E-state index >= 15 is 0 Å². The van der Waals surface area contributed by atoms with Gasteiger partial charge in [-0.15, -0.1) is 11.8 Å². The molecule has 1 aromatic heterocycles. The summed E-state index contributed by atoms with van der Waals surface area (Å²) < 4.78 is 1.34. The maximum absolute atomic E-state index is 13.3. The molecular formula is C23H35N5O3S. The summed E-state index contributed by atoms with van der Waals surface area (Å²) in [7, 11) is 1.87. The normalized spacial score (nSPS) is 11.3. The van der Waals surface area contributed by atoms with E-state index in [-0.39, 0.29) is 29.9 Å². The van der Waals surface area contributed by atoms with E-state index in [2.05, 4.69) is 17.1 Å². The Hall–Kier alpha value is -2.52. The molecule has 0 atom stereocenters. The van der Waals surface area contributed by atoms with Crippen LogP contribution in [0.1, 0.15) is 39.2 Å². The minimum absolute atomic E-state index is 0.0345. The van der Waals surface area contributed by atoms with Crippen LogP contribution in [0.2, 0.25) is 0 Å². The minimum Gasteiger partial charge on any atom is -0.383 e. The topological polar surface area (TPSA) is 104 Å². The summed E-state index contributed by atoms with van der Waals surface area (Å²) in [5, 5.41) is 0. The molecule has 0 spiro atoms. The van der Waals surface area contributed by atoms with Crippen LogP contribution in [0.25, 0.3) is 0 Å². The highest BCUT2D eigenvalue weighted by Crippen LogP contribution is 2.20. The number of benzene rings is 1. The van der Waals surface area contributed by atoms with Crippen LogP contribution in [0, 0.1) is 5.92 Å². The van der Waals surface area contributed by atoms with Gasteiger partial charge in [-0.2, -0.15) is 0 Å². The van der Waals surface area contributed by atoms with Crippen LogP contribution in [0.5, 0.6) is 0 Å². The van der Waals surface area contributed by atoms with Crippen molar-refractivity contribution in [3.05, 3.63) is 50.7 Å². The molecule has 8 nitrogen and oxygen atoms in total. The number of likely N-dealkylation sites (N-methyl/N-ethyl adjacent to an activating group) is 1. The number of aromatic amines is 1. The van der Waals surface area contributed by atoms with Gasteiger partial charge in [0.2, 0.25) is 5.91 Å². The van der Waals surface area contributed by atoms with Gasteiger partial charge >= 0.3 is 5.69 Å². The maximum Gasteiger partial charge on any atom is 0.330 e. The maximum atomic E-state index is 13.3. The Morgan fingerprint density at radius 1 is 1.22 bits per heavy atom. The average Bonchev–Trinajstić information content (AvgIpc) is 2.73. The standard InChI is InChI=1S/C23H35N5O3S/c1-6-7-12-27(20-21(24)28(13-16(2)3)23(31)25-22(20)30)19(29)15-26(4)14-17-8-10-18(32-5)11-9-17/h8-11,16H,6-7,12-15,24H2,1-5H3,(H,25,30,31). The van der Waals surface area contributed by atoms with Gasteiger partial charge < -0.3 is 10.6 Å². The van der Waals surface area contributed by atoms with Gasteiger partial charge in [-0.25, -0.2) is 4.79 Å². The first-order valence-corrected chi connectivity index (χ1v) is 12.1. The number of nitrogen functional groups attached to an aromatic ring is 1. The molecule has 3 N–H and O–H groups in total. The Morgan fingerprint density at radius 2 is 1.88 bits per heavy atom. The quantitative estimate of drug-likeness (QED) is 0.499. The van der Waals surface area contributed by atoms with Crippen LogP contribution in [0.3, 0.4) is 0 Å². The van der Waals surface area contributed by atoms with Crippen LogP contribution >= 0.6 is 11.8 Å². The second-order valence-electron chi connectivity index (χ2n) is 8.42. The summed E-state index contributed by atoms with van der Waals surface area (Å²) in [6, 6.07) is 8.21. The Kier molecular flexibility index (Phi) is 9.59. The van der Waals surface area contributed by atoms with E-state index in [0.717, 1.165) is 12.0 Å². The molecule has 0 saturated carbocycles. The monoisotopic (exact) mass is 461 g/mol. The molecule has 2 rings (SSSR count). The number of H-pyrrole nitrogens is 1. The second-order valence-corrected chi connectivity index (χ2v) is 9.30. The summed E-state index contributed by atoms with van der Waals surface area (Å²) in [5.74, 6) is -0.0435. The molecule has 176 valence electrons. The van der Waals surface area contributed by atoms with Crippen LogP contribution < -0.4 is 21.9 Å². The Morgan fingerprint density at radius 3 is 2.44 bits per heavy atom. The third-order valence-corrected chi connectivity index (χ3v) is 5.83. The van der Waals surface area contributed by atoms with Crippen molar-refractivity contribution < 1.29 is 4.79 Å². The molecule has 0 aliphatic rings. The zero-order valence-corrected chi connectivity index (χ0v) is 20.5. The summed E-state index contributed by atoms with van der Waals surface area (Å²) in [5.41, 5.74) is 6.22. The highest BCUT2D eigenvalue weighted by molar-refractivity contribution is 7.98. The van der Waals surface area contributed by atoms with Crippen molar-refractivity contribution in [2.75, 3.05) is 37.0 Å². The number of unbranched alkanes of at least 4 members (excludes halogenated alkanes) is 1. The lowest BCUT2D eigenvalue weighted by Crippen LogP contribution is -2.45. The molecule has 0 aliphatic carbocycles. The van der Waals surface area contributed by atoms with E-state index in [1.54, 1.807) is 11.8 Å². The van der Waals surface area contributed by atoms with Gasteiger partial charge in [0, 0.05) is 24.5 Å². The van der Waals surface area contributed by atoms with Crippen LogP contribution in [0.4, 0.5) is 11.5 Å². The van der Waals surface area contributed by atoms with Crippen LogP contribution in [-0.2, 0) is 17.9 Å². The predicted octanol–water partition coefficient (Wildman–Crippen LogP) is 2.76. The lowest BCUT2D eigenvalue weighted by atomic mass is 10.2. The number of nitrogens with one attached hydrogen (secondary N) is 1. The van der Waals surface area contributed by atoms with Gasteiger partial charge in [-0.05, 0) is 43.3 Å². The van der Waals surface area contributed by atoms with Crippen molar-refractivity contribution in [3.63, 3.8) is 0 Å². The number of carbonyl (C=O) groups excluding carboxylic acids is 1. The van der Waals surface area contributed by atoms with E-state index in [0.29, 0.717) is 26.1 Å². The number of amides is 1. The third kappa shape index (κ3) is 6.74. The molecule has 9 heteroatoms. The summed E-state index contributed by atoms with van der Waals surface area (Å²) in [4.78, 5) is 45.1. The third-order valence-electron chi connectivity index (χ3n) is 5.08. The number of aromatic nitrogens is 2. The lowest BCUT2D eigenvalue weighted by Gasteiger charge is -2.27. The van der Waals surface area contributed by atoms with Crippen molar-refractivity contribution in [1.82, 2.24) is 14.5 Å². The molecule has 1 aromatic carbocycles. The summed E-state index contributed by atoms with van der Waals surface area (Å²) in [6.45, 7) is 7.36. The van der Waals surface area contributed by atoms with E-state index in [1.807, 2.05) is 51.1 Å². The Labute approximate surface area is 193 Å². The van der Waals surface area contributed by atoms with Crippen molar-refractivity contribution in [2.24, 2.45) is 5.92 Å². The highest BCUT2D eigenvalue weighted by atomic mass is 32.2. The van der Waals surface area contributed by atoms with E-state index in [9.17, 15) is 14.4 Å². The fourth-order valence-electron chi connectivity index (χ4n) is 3.48. The number of nitrogens with two attached hydrogens (primary N) is 1. The Balaban J connectivity index is 2.29. The lowest BCUT2D eigenvalue weighted by molar-refractivity contribution is -0.119. The first kappa shape index (κ1) is 25.7. The fraction of sp³-hybridized carbons (Fsp3) is 0.522. The molecule has 0 saturated heterocycles. The zero-order chi connectivity index (χ0) is 23.8. The van der Waals surface area contributed by atoms with Gasteiger partial charge in [-0.3, -0.25) is 24.0 Å². The first-order valence-electron chi connectivity index (χ1n) is 10.9. The molecular weight excluding hydrogens is 426 g/mol. The molecule has 0 fully saturated rings. The van der Waals surface area contributed by atoms with Crippen LogP contribution in [0.15, 0.2) is 38.8 Å². The average molecular weight is 462 g/mol. The molecule has 0 unspecified atom stereocenters. The van der Waals surface area contributed by atoms with Crippen molar-refractivity contribution in [1.29, 1.82) is 0 Å². The number of hydrogen-bond acceptors (Lipinski definition) is 6. The molecule has 1 heterocycles.